The van der Waals surface area contributed by atoms with E-state index in [1.165, 1.54) is 28.4 Å². The lowest BCUT2D eigenvalue weighted by Crippen LogP contribution is -2.64. The third kappa shape index (κ3) is 5.26. The maximum Gasteiger partial charge on any atom is 0.408 e. The van der Waals surface area contributed by atoms with Crippen molar-refractivity contribution < 1.29 is 18.4 Å². The van der Waals surface area contributed by atoms with Gasteiger partial charge in [-0.3, -0.25) is 0 Å². The van der Waals surface area contributed by atoms with Gasteiger partial charge in [-0.15, -0.1) is 11.3 Å². The summed E-state index contributed by atoms with van der Waals surface area (Å²) in [6.07, 6.45) is 1.67. The molecule has 2 atom stereocenters. The highest BCUT2D eigenvalue weighted by Gasteiger charge is 2.47. The van der Waals surface area contributed by atoms with Crippen LogP contribution in [0.15, 0.2) is 77.0 Å². The standard InChI is InChI=1S/C26H27FN2O2S2/c27-21-7-4-6-20(16-21)25(24-10-5-15-32-24)28-26(30)31-23-17-29(13-11-19(23)12-14-29)18-33-22-8-2-1-3-9-22/h1-10,15-16,19,23,25H,11-14,17-18H2/p+1/t19?,23-,25?,29?/m0/s1. The molecule has 4 nitrogen and oxygen atoms in total. The number of ether oxygens (including phenoxy) is 1. The first-order chi connectivity index (χ1) is 16.1. The van der Waals surface area contributed by atoms with Crippen molar-refractivity contribution in [2.24, 2.45) is 5.92 Å². The normalized spacial score (nSPS) is 24.9. The van der Waals surface area contributed by atoms with Crippen LogP contribution in [0.4, 0.5) is 9.18 Å². The third-order valence-corrected chi connectivity index (χ3v) is 9.04. The molecule has 4 heterocycles. The van der Waals surface area contributed by atoms with Crippen molar-refractivity contribution in [3.8, 4) is 0 Å². The molecule has 172 valence electrons. The lowest BCUT2D eigenvalue weighted by Gasteiger charge is -2.51. The van der Waals surface area contributed by atoms with E-state index in [1.54, 1.807) is 6.07 Å². The summed E-state index contributed by atoms with van der Waals surface area (Å²) < 4.78 is 20.9. The molecule has 3 aliphatic heterocycles. The largest absolute Gasteiger partial charge is 0.440 e. The summed E-state index contributed by atoms with van der Waals surface area (Å²) in [5.41, 5.74) is 0.714. The van der Waals surface area contributed by atoms with Gasteiger partial charge in [0, 0.05) is 28.5 Å². The van der Waals surface area contributed by atoms with E-state index in [0.717, 1.165) is 47.7 Å². The molecular weight excluding hydrogens is 455 g/mol. The molecule has 0 saturated carbocycles. The van der Waals surface area contributed by atoms with E-state index in [9.17, 15) is 9.18 Å². The second-order valence-corrected chi connectivity index (χ2v) is 11.0. The summed E-state index contributed by atoms with van der Waals surface area (Å²) in [5.74, 6) is 1.11. The molecule has 0 aliphatic carbocycles. The van der Waals surface area contributed by atoms with Crippen LogP contribution in [0, 0.1) is 11.7 Å². The topological polar surface area (TPSA) is 38.3 Å². The number of carbonyl (C=O) groups is 1. The molecular formula is C26H28FN2O2S2+. The maximum absolute atomic E-state index is 13.9. The zero-order valence-electron chi connectivity index (χ0n) is 18.4. The van der Waals surface area contributed by atoms with Gasteiger partial charge in [-0.05, 0) is 41.3 Å². The van der Waals surface area contributed by atoms with Crippen molar-refractivity contribution in [3.05, 3.63) is 88.4 Å². The number of amides is 1. The molecule has 3 aromatic rings. The monoisotopic (exact) mass is 483 g/mol. The molecule has 1 aromatic heterocycles. The van der Waals surface area contributed by atoms with Crippen LogP contribution in [0.2, 0.25) is 0 Å². The molecule has 2 aromatic carbocycles. The number of piperidine rings is 3. The van der Waals surface area contributed by atoms with E-state index in [-0.39, 0.29) is 11.9 Å². The minimum atomic E-state index is -0.426. The van der Waals surface area contributed by atoms with Crippen LogP contribution in [0.25, 0.3) is 0 Å². The Bertz CT molecular complexity index is 1070. The molecule has 3 aliphatic rings. The summed E-state index contributed by atoms with van der Waals surface area (Å²) in [7, 11) is 0. The zero-order valence-corrected chi connectivity index (χ0v) is 20.0. The van der Waals surface area contributed by atoms with Crippen molar-refractivity contribution in [2.75, 3.05) is 25.5 Å². The first-order valence-electron chi connectivity index (χ1n) is 11.4. The van der Waals surface area contributed by atoms with Gasteiger partial charge in [0.2, 0.25) is 0 Å². The number of thiophene rings is 1. The Hall–Kier alpha value is -2.35. The number of nitrogens with zero attached hydrogens (tertiary/aromatic N) is 1. The fourth-order valence-corrected chi connectivity index (χ4v) is 6.95. The van der Waals surface area contributed by atoms with Crippen LogP contribution >= 0.6 is 23.1 Å². The predicted molar refractivity (Wildman–Crippen MR) is 131 cm³/mol. The van der Waals surface area contributed by atoms with Crippen molar-refractivity contribution >= 4 is 29.2 Å². The molecule has 0 radical (unpaired) electrons. The van der Waals surface area contributed by atoms with Gasteiger partial charge in [0.1, 0.15) is 18.2 Å². The Morgan fingerprint density at radius 3 is 2.67 bits per heavy atom. The highest BCUT2D eigenvalue weighted by atomic mass is 32.2. The number of thioether (sulfide) groups is 1. The van der Waals surface area contributed by atoms with E-state index in [4.69, 9.17) is 4.74 Å². The van der Waals surface area contributed by atoms with E-state index in [0.29, 0.717) is 11.5 Å². The molecule has 1 unspecified atom stereocenters. The number of hydrogen-bond donors (Lipinski definition) is 1. The summed E-state index contributed by atoms with van der Waals surface area (Å²) in [6.45, 7) is 3.15. The van der Waals surface area contributed by atoms with E-state index < -0.39 is 12.1 Å². The van der Waals surface area contributed by atoms with Gasteiger partial charge in [0.05, 0.1) is 19.1 Å². The van der Waals surface area contributed by atoms with E-state index in [2.05, 4.69) is 29.6 Å². The summed E-state index contributed by atoms with van der Waals surface area (Å²) in [6, 6.07) is 20.3. The molecule has 1 amide bonds. The predicted octanol–water partition coefficient (Wildman–Crippen LogP) is 6.06. The Morgan fingerprint density at radius 1 is 1.12 bits per heavy atom. The summed E-state index contributed by atoms with van der Waals surface area (Å²) in [5, 5.41) is 4.97. The van der Waals surface area contributed by atoms with Gasteiger partial charge in [0.15, 0.2) is 6.10 Å². The number of hydrogen-bond acceptors (Lipinski definition) is 4. The van der Waals surface area contributed by atoms with Gasteiger partial charge < -0.3 is 14.5 Å². The fraction of sp³-hybridized carbons (Fsp3) is 0.346. The van der Waals surface area contributed by atoms with Gasteiger partial charge in [-0.25, -0.2) is 9.18 Å². The van der Waals surface area contributed by atoms with Crippen LogP contribution < -0.4 is 5.32 Å². The average Bonchev–Trinajstić information content (AvgIpc) is 3.37. The van der Waals surface area contributed by atoms with Gasteiger partial charge in [0.25, 0.3) is 0 Å². The van der Waals surface area contributed by atoms with Gasteiger partial charge in [-0.2, -0.15) is 0 Å². The van der Waals surface area contributed by atoms with Gasteiger partial charge in [-0.1, -0.05) is 48.2 Å². The van der Waals surface area contributed by atoms with Crippen molar-refractivity contribution in [1.82, 2.24) is 5.32 Å². The smallest absolute Gasteiger partial charge is 0.408 e. The first kappa shape index (κ1) is 22.4. The summed E-state index contributed by atoms with van der Waals surface area (Å²) >= 11 is 3.42. The highest BCUT2D eigenvalue weighted by Crippen LogP contribution is 2.38. The second-order valence-electron chi connectivity index (χ2n) is 8.99. The molecule has 3 fully saturated rings. The Morgan fingerprint density at radius 2 is 1.94 bits per heavy atom. The minimum absolute atomic E-state index is 0.0830. The number of benzene rings is 2. The number of nitrogens with one attached hydrogen (secondary N) is 1. The molecule has 33 heavy (non-hydrogen) atoms. The van der Waals surface area contributed by atoms with Crippen LogP contribution in [-0.4, -0.2) is 42.2 Å². The number of fused-ring (bicyclic) bond motifs is 3. The first-order valence-corrected chi connectivity index (χ1v) is 13.3. The molecule has 6 rings (SSSR count). The molecule has 7 heteroatoms. The Kier molecular flexibility index (Phi) is 6.71. The SMILES string of the molecule is O=C(NC(c1cccc(F)c1)c1cccs1)O[C@H]1C[N+]2(CSc3ccccc3)CCC1CC2. The van der Waals surface area contributed by atoms with E-state index in [1.807, 2.05) is 41.4 Å². The number of rotatable bonds is 7. The second kappa shape index (κ2) is 9.87. The fourth-order valence-electron chi connectivity index (χ4n) is 5.01. The van der Waals surface area contributed by atoms with E-state index >= 15 is 0 Å². The third-order valence-electron chi connectivity index (χ3n) is 6.82. The lowest BCUT2D eigenvalue weighted by atomic mass is 9.84. The Labute approximate surface area is 202 Å². The zero-order chi connectivity index (χ0) is 22.7. The van der Waals surface area contributed by atoms with Gasteiger partial charge >= 0.3 is 6.09 Å². The maximum atomic E-state index is 13.9. The number of alkyl carbamates (subject to hydrolysis) is 1. The van der Waals surface area contributed by atoms with Crippen LogP contribution in [-0.2, 0) is 4.74 Å². The quantitative estimate of drug-likeness (QED) is 0.328. The lowest BCUT2D eigenvalue weighted by molar-refractivity contribution is -0.934. The minimum Gasteiger partial charge on any atom is -0.440 e. The molecule has 2 bridgehead atoms. The number of halogens is 1. The number of quaternary nitrogens is 1. The highest BCUT2D eigenvalue weighted by molar-refractivity contribution is 7.99. The van der Waals surface area contributed by atoms with Crippen molar-refractivity contribution in [1.29, 1.82) is 0 Å². The molecule has 0 spiro atoms. The van der Waals surface area contributed by atoms with Crippen molar-refractivity contribution in [2.45, 2.75) is 29.9 Å². The Balaban J connectivity index is 1.25. The van der Waals surface area contributed by atoms with Crippen LogP contribution in [0.3, 0.4) is 0 Å². The van der Waals surface area contributed by atoms with Crippen LogP contribution in [0.5, 0.6) is 0 Å². The molecule has 3 saturated heterocycles. The average molecular weight is 484 g/mol. The van der Waals surface area contributed by atoms with Crippen molar-refractivity contribution in [3.63, 3.8) is 0 Å². The summed E-state index contributed by atoms with van der Waals surface area (Å²) in [4.78, 5) is 15.2. The number of carbonyl (C=O) groups excluding carboxylic acids is 1. The van der Waals surface area contributed by atoms with Crippen LogP contribution in [0.1, 0.15) is 29.3 Å². The molecule has 1 N–H and O–H groups in total.